The number of hydrogen-bond donors (Lipinski definition) is 1. The largest absolute Gasteiger partial charge is 0.378 e. The summed E-state index contributed by atoms with van der Waals surface area (Å²) in [5.41, 5.74) is 0. The van der Waals surface area contributed by atoms with Gasteiger partial charge in [0.05, 0.1) is 6.10 Å². The molecular formula is C15H30N2O. The van der Waals surface area contributed by atoms with Gasteiger partial charge in [-0.25, -0.2) is 0 Å². The Bertz CT molecular complexity index is 247. The lowest BCUT2D eigenvalue weighted by molar-refractivity contribution is 0.0852. The molecule has 106 valence electrons. The molecule has 0 amide bonds. The Morgan fingerprint density at radius 1 is 1.39 bits per heavy atom. The van der Waals surface area contributed by atoms with Gasteiger partial charge in [0.15, 0.2) is 0 Å². The van der Waals surface area contributed by atoms with Crippen LogP contribution in [-0.2, 0) is 4.74 Å². The van der Waals surface area contributed by atoms with Crippen LogP contribution in [0, 0.1) is 11.8 Å². The first-order valence-corrected chi connectivity index (χ1v) is 7.74. The number of nitrogens with zero attached hydrogens (tertiary/aromatic N) is 1. The van der Waals surface area contributed by atoms with Gasteiger partial charge >= 0.3 is 0 Å². The van der Waals surface area contributed by atoms with Gasteiger partial charge in [-0.3, -0.25) is 0 Å². The van der Waals surface area contributed by atoms with Crippen molar-refractivity contribution < 1.29 is 4.74 Å². The topological polar surface area (TPSA) is 24.5 Å². The first kappa shape index (κ1) is 14.3. The Hall–Kier alpha value is -0.120. The minimum atomic E-state index is 0.499. The van der Waals surface area contributed by atoms with Gasteiger partial charge in [0.2, 0.25) is 0 Å². The molecule has 18 heavy (non-hydrogen) atoms. The molecule has 2 heterocycles. The van der Waals surface area contributed by atoms with E-state index < -0.39 is 0 Å². The van der Waals surface area contributed by atoms with Gasteiger partial charge < -0.3 is 15.0 Å². The summed E-state index contributed by atoms with van der Waals surface area (Å²) in [5, 5.41) is 3.77. The zero-order valence-electron chi connectivity index (χ0n) is 12.3. The van der Waals surface area contributed by atoms with E-state index in [-0.39, 0.29) is 0 Å². The maximum atomic E-state index is 5.76. The van der Waals surface area contributed by atoms with Crippen LogP contribution in [0.2, 0.25) is 0 Å². The van der Waals surface area contributed by atoms with Crippen molar-refractivity contribution in [1.29, 1.82) is 0 Å². The van der Waals surface area contributed by atoms with Crippen LogP contribution >= 0.6 is 0 Å². The van der Waals surface area contributed by atoms with Gasteiger partial charge in [-0.1, -0.05) is 6.92 Å². The standard InChI is InChI=1S/C15H30N2O/c1-4-15-13(7-9-18-15)10-16-12(2)14-6-5-8-17(3)11-14/h12-16H,4-11H2,1-3H3. The molecule has 0 aliphatic carbocycles. The van der Waals surface area contributed by atoms with Crippen LogP contribution in [0.1, 0.15) is 39.5 Å². The van der Waals surface area contributed by atoms with E-state index in [4.69, 9.17) is 4.74 Å². The van der Waals surface area contributed by atoms with Crippen molar-refractivity contribution in [2.45, 2.75) is 51.7 Å². The summed E-state index contributed by atoms with van der Waals surface area (Å²) < 4.78 is 5.76. The Labute approximate surface area is 112 Å². The molecule has 2 fully saturated rings. The lowest BCUT2D eigenvalue weighted by Gasteiger charge is -2.34. The predicted molar refractivity (Wildman–Crippen MR) is 75.8 cm³/mol. The summed E-state index contributed by atoms with van der Waals surface area (Å²) in [6.45, 7) is 9.23. The van der Waals surface area contributed by atoms with E-state index in [9.17, 15) is 0 Å². The summed E-state index contributed by atoms with van der Waals surface area (Å²) >= 11 is 0. The molecule has 0 bridgehead atoms. The van der Waals surface area contributed by atoms with Crippen molar-refractivity contribution in [3.8, 4) is 0 Å². The normalized spacial score (nSPS) is 35.8. The predicted octanol–water partition coefficient (Wildman–Crippen LogP) is 2.12. The molecule has 0 saturated carbocycles. The molecule has 0 aromatic rings. The Kier molecular flexibility index (Phi) is 5.46. The van der Waals surface area contributed by atoms with Gasteiger partial charge in [-0.2, -0.15) is 0 Å². The number of likely N-dealkylation sites (tertiary alicyclic amines) is 1. The summed E-state index contributed by atoms with van der Waals surface area (Å²) in [4.78, 5) is 2.47. The zero-order valence-corrected chi connectivity index (χ0v) is 12.3. The van der Waals surface area contributed by atoms with Gasteiger partial charge in [-0.15, -0.1) is 0 Å². The molecule has 2 aliphatic heterocycles. The highest BCUT2D eigenvalue weighted by Gasteiger charge is 2.28. The fourth-order valence-corrected chi connectivity index (χ4v) is 3.50. The molecule has 0 aromatic heterocycles. The van der Waals surface area contributed by atoms with Gasteiger partial charge in [0, 0.05) is 25.7 Å². The van der Waals surface area contributed by atoms with Gasteiger partial charge in [0.1, 0.15) is 0 Å². The number of ether oxygens (including phenoxy) is 1. The lowest BCUT2D eigenvalue weighted by Crippen LogP contribution is -2.44. The SMILES string of the molecule is CCC1OCCC1CNC(C)C1CCCN(C)C1. The van der Waals surface area contributed by atoms with E-state index in [1.165, 1.54) is 32.4 Å². The number of rotatable bonds is 5. The van der Waals surface area contributed by atoms with E-state index in [1.807, 2.05) is 0 Å². The molecule has 3 nitrogen and oxygen atoms in total. The van der Waals surface area contributed by atoms with E-state index in [0.29, 0.717) is 12.1 Å². The number of piperidine rings is 1. The molecule has 4 atom stereocenters. The zero-order chi connectivity index (χ0) is 13.0. The fourth-order valence-electron chi connectivity index (χ4n) is 3.50. The first-order chi connectivity index (χ1) is 8.70. The summed E-state index contributed by atoms with van der Waals surface area (Å²) in [5.74, 6) is 1.56. The highest BCUT2D eigenvalue weighted by Crippen LogP contribution is 2.24. The van der Waals surface area contributed by atoms with Crippen LogP contribution in [0.3, 0.4) is 0 Å². The maximum absolute atomic E-state index is 5.76. The first-order valence-electron chi connectivity index (χ1n) is 7.74. The second kappa shape index (κ2) is 6.88. The molecule has 0 aromatic carbocycles. The van der Waals surface area contributed by atoms with Crippen molar-refractivity contribution in [1.82, 2.24) is 10.2 Å². The highest BCUT2D eigenvalue weighted by atomic mass is 16.5. The fraction of sp³-hybridized carbons (Fsp3) is 1.00. The second-order valence-corrected chi connectivity index (χ2v) is 6.23. The molecule has 2 saturated heterocycles. The lowest BCUT2D eigenvalue weighted by atomic mass is 9.91. The van der Waals surface area contributed by atoms with Gasteiger partial charge in [0.25, 0.3) is 0 Å². The van der Waals surface area contributed by atoms with E-state index >= 15 is 0 Å². The minimum Gasteiger partial charge on any atom is -0.378 e. The smallest absolute Gasteiger partial charge is 0.0613 e. The number of nitrogens with one attached hydrogen (secondary N) is 1. The molecule has 4 unspecified atom stereocenters. The van der Waals surface area contributed by atoms with E-state index in [0.717, 1.165) is 31.4 Å². The van der Waals surface area contributed by atoms with Crippen molar-refractivity contribution >= 4 is 0 Å². The maximum Gasteiger partial charge on any atom is 0.0613 e. The third kappa shape index (κ3) is 3.69. The third-order valence-electron chi connectivity index (χ3n) is 4.82. The van der Waals surface area contributed by atoms with Crippen LogP contribution in [0.4, 0.5) is 0 Å². The van der Waals surface area contributed by atoms with Crippen molar-refractivity contribution in [3.63, 3.8) is 0 Å². The van der Waals surface area contributed by atoms with Crippen molar-refractivity contribution in [2.75, 3.05) is 33.3 Å². The highest BCUT2D eigenvalue weighted by molar-refractivity contribution is 4.82. The van der Waals surface area contributed by atoms with Crippen LogP contribution < -0.4 is 5.32 Å². The van der Waals surface area contributed by atoms with Crippen molar-refractivity contribution in [2.24, 2.45) is 11.8 Å². The van der Waals surface area contributed by atoms with Crippen molar-refractivity contribution in [3.05, 3.63) is 0 Å². The summed E-state index contributed by atoms with van der Waals surface area (Å²) in [6.07, 6.45) is 5.64. The second-order valence-electron chi connectivity index (χ2n) is 6.23. The molecule has 0 radical (unpaired) electrons. The van der Waals surface area contributed by atoms with Crippen LogP contribution in [0.5, 0.6) is 0 Å². The van der Waals surface area contributed by atoms with Crippen LogP contribution in [-0.4, -0.2) is 50.3 Å². The molecular weight excluding hydrogens is 224 g/mol. The Morgan fingerprint density at radius 2 is 2.22 bits per heavy atom. The Morgan fingerprint density at radius 3 is 2.94 bits per heavy atom. The van der Waals surface area contributed by atoms with Crippen LogP contribution in [0.15, 0.2) is 0 Å². The average molecular weight is 254 g/mol. The Balaban J connectivity index is 1.72. The molecule has 2 aliphatic rings. The number of hydrogen-bond acceptors (Lipinski definition) is 3. The van der Waals surface area contributed by atoms with E-state index in [2.05, 4.69) is 31.1 Å². The average Bonchev–Trinajstić information content (AvgIpc) is 2.83. The molecule has 0 spiro atoms. The van der Waals surface area contributed by atoms with Gasteiger partial charge in [-0.05, 0) is 58.0 Å². The summed E-state index contributed by atoms with van der Waals surface area (Å²) in [6, 6.07) is 0.644. The third-order valence-corrected chi connectivity index (χ3v) is 4.82. The monoisotopic (exact) mass is 254 g/mol. The molecule has 1 N–H and O–H groups in total. The quantitative estimate of drug-likeness (QED) is 0.813. The summed E-state index contributed by atoms with van der Waals surface area (Å²) in [7, 11) is 2.25. The van der Waals surface area contributed by atoms with Crippen LogP contribution in [0.25, 0.3) is 0 Å². The van der Waals surface area contributed by atoms with E-state index in [1.54, 1.807) is 0 Å². The minimum absolute atomic E-state index is 0.499. The molecule has 2 rings (SSSR count). The molecule has 3 heteroatoms.